The number of nitrogens with one attached hydrogen (secondary N) is 1. The molecular formula is C19H18ClN3O4S. The standard InChI is InChI=1S/C19H18ClN3O4S/c20-17-9-8-15(28(24,25)21-12-14-7-4-10-26-14)11-16(17)19-23-22-18(27-19)13-5-2-1-3-6-13/h1-3,5-6,8-9,11,14,21H,4,7,10,12H2/t14-/m1/s1. The van der Waals surface area contributed by atoms with Crippen LogP contribution in [0.3, 0.4) is 0 Å². The third-order valence-electron chi connectivity index (χ3n) is 4.45. The van der Waals surface area contributed by atoms with E-state index >= 15 is 0 Å². The minimum absolute atomic E-state index is 0.0735. The van der Waals surface area contributed by atoms with Crippen LogP contribution in [-0.2, 0) is 14.8 Å². The highest BCUT2D eigenvalue weighted by Gasteiger charge is 2.22. The number of ether oxygens (including phenoxy) is 1. The topological polar surface area (TPSA) is 94.3 Å². The largest absolute Gasteiger partial charge is 0.416 e. The van der Waals surface area contributed by atoms with Gasteiger partial charge in [0.15, 0.2) is 0 Å². The van der Waals surface area contributed by atoms with Crippen molar-refractivity contribution in [1.29, 1.82) is 0 Å². The van der Waals surface area contributed by atoms with Crippen molar-refractivity contribution in [3.05, 3.63) is 53.6 Å². The van der Waals surface area contributed by atoms with Crippen LogP contribution < -0.4 is 4.72 Å². The van der Waals surface area contributed by atoms with Crippen molar-refractivity contribution in [1.82, 2.24) is 14.9 Å². The fourth-order valence-corrected chi connectivity index (χ4v) is 4.25. The van der Waals surface area contributed by atoms with Gasteiger partial charge in [0.05, 0.1) is 21.6 Å². The van der Waals surface area contributed by atoms with E-state index in [-0.39, 0.29) is 23.4 Å². The Morgan fingerprint density at radius 2 is 1.89 bits per heavy atom. The van der Waals surface area contributed by atoms with E-state index in [1.165, 1.54) is 18.2 Å². The van der Waals surface area contributed by atoms with E-state index < -0.39 is 10.0 Å². The lowest BCUT2D eigenvalue weighted by molar-refractivity contribution is 0.114. The van der Waals surface area contributed by atoms with E-state index in [1.54, 1.807) is 0 Å². The van der Waals surface area contributed by atoms with Crippen LogP contribution in [0.1, 0.15) is 12.8 Å². The van der Waals surface area contributed by atoms with Crippen LogP contribution in [0.2, 0.25) is 5.02 Å². The third kappa shape index (κ3) is 4.10. The molecule has 1 atom stereocenters. The smallest absolute Gasteiger partial charge is 0.249 e. The van der Waals surface area contributed by atoms with Crippen molar-refractivity contribution in [2.24, 2.45) is 0 Å². The number of rotatable bonds is 6. The summed E-state index contributed by atoms with van der Waals surface area (Å²) in [4.78, 5) is 0.0735. The predicted octanol–water partition coefficient (Wildman–Crippen LogP) is 3.51. The Hall–Kier alpha value is -2.26. The first-order valence-corrected chi connectivity index (χ1v) is 10.7. The summed E-state index contributed by atoms with van der Waals surface area (Å²) in [7, 11) is -3.72. The maximum atomic E-state index is 12.6. The first kappa shape index (κ1) is 19.1. The molecule has 1 aliphatic heterocycles. The molecule has 3 aromatic rings. The second-order valence-electron chi connectivity index (χ2n) is 6.41. The number of sulfonamides is 1. The molecule has 1 aromatic heterocycles. The zero-order valence-electron chi connectivity index (χ0n) is 14.8. The molecule has 0 unspecified atom stereocenters. The Bertz CT molecular complexity index is 1060. The summed E-state index contributed by atoms with van der Waals surface area (Å²) in [5, 5.41) is 8.37. The summed E-state index contributed by atoms with van der Waals surface area (Å²) >= 11 is 6.25. The van der Waals surface area contributed by atoms with E-state index in [0.29, 0.717) is 23.1 Å². The van der Waals surface area contributed by atoms with Gasteiger partial charge in [-0.1, -0.05) is 29.8 Å². The van der Waals surface area contributed by atoms with Gasteiger partial charge in [-0.05, 0) is 43.2 Å². The molecule has 0 bridgehead atoms. The van der Waals surface area contributed by atoms with E-state index in [1.807, 2.05) is 30.3 Å². The summed E-state index contributed by atoms with van der Waals surface area (Å²) in [6.07, 6.45) is 1.70. The van der Waals surface area contributed by atoms with Gasteiger partial charge in [-0.2, -0.15) is 0 Å². The Kier molecular flexibility index (Phi) is 5.45. The predicted molar refractivity (Wildman–Crippen MR) is 104 cm³/mol. The summed E-state index contributed by atoms with van der Waals surface area (Å²) in [6.45, 7) is 0.900. The zero-order chi connectivity index (χ0) is 19.6. The van der Waals surface area contributed by atoms with Gasteiger partial charge in [-0.25, -0.2) is 13.1 Å². The minimum Gasteiger partial charge on any atom is -0.416 e. The van der Waals surface area contributed by atoms with Crippen LogP contribution in [-0.4, -0.2) is 37.9 Å². The monoisotopic (exact) mass is 419 g/mol. The van der Waals surface area contributed by atoms with E-state index in [4.69, 9.17) is 20.8 Å². The summed E-state index contributed by atoms with van der Waals surface area (Å²) in [5.41, 5.74) is 1.12. The second kappa shape index (κ2) is 8.00. The molecule has 2 heterocycles. The molecule has 7 nitrogen and oxygen atoms in total. The zero-order valence-corrected chi connectivity index (χ0v) is 16.4. The molecule has 2 aromatic carbocycles. The molecule has 28 heavy (non-hydrogen) atoms. The van der Waals surface area contributed by atoms with Crippen molar-refractivity contribution >= 4 is 21.6 Å². The van der Waals surface area contributed by atoms with Gasteiger partial charge in [0.25, 0.3) is 0 Å². The molecule has 0 amide bonds. The highest BCUT2D eigenvalue weighted by molar-refractivity contribution is 7.89. The number of hydrogen-bond donors (Lipinski definition) is 1. The normalized spacial score (nSPS) is 17.1. The van der Waals surface area contributed by atoms with Gasteiger partial charge in [-0.3, -0.25) is 0 Å². The molecule has 0 spiro atoms. The van der Waals surface area contributed by atoms with Crippen molar-refractivity contribution in [3.8, 4) is 22.9 Å². The summed E-state index contributed by atoms with van der Waals surface area (Å²) < 4.78 is 39.0. The number of aromatic nitrogens is 2. The van der Waals surface area contributed by atoms with E-state index in [2.05, 4.69) is 14.9 Å². The lowest BCUT2D eigenvalue weighted by Crippen LogP contribution is -2.31. The number of halogens is 1. The maximum absolute atomic E-state index is 12.6. The molecule has 1 saturated heterocycles. The van der Waals surface area contributed by atoms with Crippen molar-refractivity contribution < 1.29 is 17.6 Å². The minimum atomic E-state index is -3.72. The van der Waals surface area contributed by atoms with Gasteiger partial charge in [0.1, 0.15) is 0 Å². The van der Waals surface area contributed by atoms with Gasteiger partial charge in [-0.15, -0.1) is 10.2 Å². The fourth-order valence-electron chi connectivity index (χ4n) is 2.96. The Balaban J connectivity index is 1.59. The third-order valence-corrected chi connectivity index (χ3v) is 6.20. The molecule has 0 radical (unpaired) electrons. The van der Waals surface area contributed by atoms with Crippen molar-refractivity contribution in [2.45, 2.75) is 23.8 Å². The first-order chi connectivity index (χ1) is 13.5. The molecule has 1 fully saturated rings. The van der Waals surface area contributed by atoms with E-state index in [0.717, 1.165) is 18.4 Å². The quantitative estimate of drug-likeness (QED) is 0.657. The van der Waals surface area contributed by atoms with Gasteiger partial charge >= 0.3 is 0 Å². The average Bonchev–Trinajstić information content (AvgIpc) is 3.39. The van der Waals surface area contributed by atoms with Crippen molar-refractivity contribution in [2.75, 3.05) is 13.2 Å². The van der Waals surface area contributed by atoms with Crippen LogP contribution in [0.25, 0.3) is 22.9 Å². The molecule has 4 rings (SSSR count). The van der Waals surface area contributed by atoms with Crippen LogP contribution in [0.15, 0.2) is 57.8 Å². The molecule has 9 heteroatoms. The van der Waals surface area contributed by atoms with Gasteiger partial charge in [0.2, 0.25) is 21.8 Å². The second-order valence-corrected chi connectivity index (χ2v) is 8.58. The molecule has 1 aliphatic rings. The fraction of sp³-hybridized carbons (Fsp3) is 0.263. The number of nitrogens with zero attached hydrogens (tertiary/aromatic N) is 2. The lowest BCUT2D eigenvalue weighted by Gasteiger charge is -2.12. The summed E-state index contributed by atoms with van der Waals surface area (Å²) in [6, 6.07) is 13.7. The SMILES string of the molecule is O=S(=O)(NC[C@H]1CCCO1)c1ccc(Cl)c(-c2nnc(-c3ccccc3)o2)c1. The Labute approximate surface area is 167 Å². The van der Waals surface area contributed by atoms with Gasteiger partial charge in [0, 0.05) is 18.7 Å². The van der Waals surface area contributed by atoms with Crippen LogP contribution >= 0.6 is 11.6 Å². The molecule has 146 valence electrons. The summed E-state index contributed by atoms with van der Waals surface area (Å²) in [5.74, 6) is 0.483. The number of hydrogen-bond acceptors (Lipinski definition) is 6. The molecular weight excluding hydrogens is 402 g/mol. The maximum Gasteiger partial charge on any atom is 0.249 e. The van der Waals surface area contributed by atoms with E-state index in [9.17, 15) is 8.42 Å². The lowest BCUT2D eigenvalue weighted by atomic mass is 10.2. The highest BCUT2D eigenvalue weighted by Crippen LogP contribution is 2.31. The van der Waals surface area contributed by atoms with Crippen molar-refractivity contribution in [3.63, 3.8) is 0 Å². The number of benzene rings is 2. The average molecular weight is 420 g/mol. The van der Waals surface area contributed by atoms with Crippen LogP contribution in [0.5, 0.6) is 0 Å². The van der Waals surface area contributed by atoms with Gasteiger partial charge < -0.3 is 9.15 Å². The molecule has 0 saturated carbocycles. The van der Waals surface area contributed by atoms with Crippen LogP contribution in [0, 0.1) is 0 Å². The Morgan fingerprint density at radius 1 is 1.11 bits per heavy atom. The molecule has 0 aliphatic carbocycles. The Morgan fingerprint density at radius 3 is 2.64 bits per heavy atom. The molecule has 1 N–H and O–H groups in total. The highest BCUT2D eigenvalue weighted by atomic mass is 35.5. The first-order valence-electron chi connectivity index (χ1n) is 8.83. The van der Waals surface area contributed by atoms with Crippen LogP contribution in [0.4, 0.5) is 0 Å².